The fourth-order valence-corrected chi connectivity index (χ4v) is 2.65. The number of ether oxygens (including phenoxy) is 2. The molecule has 0 saturated carbocycles. The molecule has 0 spiro atoms. The van der Waals surface area contributed by atoms with Gasteiger partial charge in [0.15, 0.2) is 0 Å². The number of aromatic nitrogens is 2. The van der Waals surface area contributed by atoms with E-state index in [0.29, 0.717) is 18.5 Å². The molecule has 2 N–H and O–H groups in total. The largest absolute Gasteiger partial charge is 0.465 e. The Bertz CT molecular complexity index is 560. The molecule has 0 unspecified atom stereocenters. The highest BCUT2D eigenvalue weighted by molar-refractivity contribution is 5.64. The molecule has 0 aliphatic carbocycles. The van der Waals surface area contributed by atoms with Crippen molar-refractivity contribution >= 4 is 11.8 Å². The van der Waals surface area contributed by atoms with Crippen molar-refractivity contribution in [1.82, 2.24) is 15.1 Å². The van der Waals surface area contributed by atoms with E-state index in [1.54, 1.807) is 7.05 Å². The lowest BCUT2D eigenvalue weighted by atomic mass is 10.0. The molecule has 10 nitrogen and oxygen atoms in total. The van der Waals surface area contributed by atoms with Gasteiger partial charge in [0.25, 0.3) is 0 Å². The second-order valence-electron chi connectivity index (χ2n) is 5.03. The number of aryl methyl sites for hydroxylation is 1. The Kier molecular flexibility index (Phi) is 4.93. The molecule has 22 heavy (non-hydrogen) atoms. The molecular weight excluding hydrogens is 296 g/mol. The van der Waals surface area contributed by atoms with Crippen LogP contribution in [0.3, 0.4) is 0 Å². The summed E-state index contributed by atoms with van der Waals surface area (Å²) in [6, 6.07) is -0.431. The minimum Gasteiger partial charge on any atom is -0.465 e. The molecule has 2 heterocycles. The Morgan fingerprint density at radius 2 is 2.36 bits per heavy atom. The van der Waals surface area contributed by atoms with Gasteiger partial charge in [0.05, 0.1) is 17.6 Å². The quantitative estimate of drug-likeness (QED) is 0.622. The molecule has 1 amide bonds. The third-order valence-electron chi connectivity index (χ3n) is 3.73. The van der Waals surface area contributed by atoms with Crippen molar-refractivity contribution in [2.24, 2.45) is 7.05 Å². The summed E-state index contributed by atoms with van der Waals surface area (Å²) in [7, 11) is 3.08. The minimum atomic E-state index is -1.14. The van der Waals surface area contributed by atoms with Crippen LogP contribution in [0.25, 0.3) is 0 Å². The lowest BCUT2D eigenvalue weighted by Gasteiger charge is -2.22. The standard InChI is InChI=1S/C12H18N4O6/c1-15-11(8(5-13-15)16(19)20)9-4-3-7(14-12(17)18)10(21-2)6-22-9/h5,7,9-10,14H,3-4,6H2,1-2H3,(H,17,18)/t7-,9+,10+/m1/s1. The number of nitro groups is 1. The van der Waals surface area contributed by atoms with Crippen molar-refractivity contribution in [3.63, 3.8) is 0 Å². The van der Waals surface area contributed by atoms with E-state index in [-0.39, 0.29) is 12.3 Å². The first-order chi connectivity index (χ1) is 10.4. The number of hydrogen-bond acceptors (Lipinski definition) is 6. The van der Waals surface area contributed by atoms with E-state index in [9.17, 15) is 14.9 Å². The van der Waals surface area contributed by atoms with Gasteiger partial charge in [-0.25, -0.2) is 4.79 Å². The van der Waals surface area contributed by atoms with Gasteiger partial charge in [0.2, 0.25) is 0 Å². The monoisotopic (exact) mass is 314 g/mol. The molecule has 2 rings (SSSR count). The van der Waals surface area contributed by atoms with Crippen molar-refractivity contribution in [3.8, 4) is 0 Å². The van der Waals surface area contributed by atoms with Crippen LogP contribution in [0, 0.1) is 10.1 Å². The fraction of sp³-hybridized carbons (Fsp3) is 0.667. The first kappa shape index (κ1) is 16.2. The Balaban J connectivity index is 2.20. The van der Waals surface area contributed by atoms with Gasteiger partial charge in [-0.3, -0.25) is 14.8 Å². The number of methoxy groups -OCH3 is 1. The third-order valence-corrected chi connectivity index (χ3v) is 3.73. The van der Waals surface area contributed by atoms with E-state index >= 15 is 0 Å². The topological polar surface area (TPSA) is 129 Å². The van der Waals surface area contributed by atoms with E-state index in [2.05, 4.69) is 10.4 Å². The van der Waals surface area contributed by atoms with Gasteiger partial charge in [-0.05, 0) is 12.8 Å². The van der Waals surface area contributed by atoms with Gasteiger partial charge in [-0.15, -0.1) is 0 Å². The third kappa shape index (κ3) is 3.34. The zero-order chi connectivity index (χ0) is 16.3. The molecule has 1 aromatic rings. The summed E-state index contributed by atoms with van der Waals surface area (Å²) in [6.45, 7) is 0.133. The summed E-state index contributed by atoms with van der Waals surface area (Å²) in [6.07, 6.45) is -0.0792. The second-order valence-corrected chi connectivity index (χ2v) is 5.03. The first-order valence-corrected chi connectivity index (χ1v) is 6.74. The predicted molar refractivity (Wildman–Crippen MR) is 73.5 cm³/mol. The molecule has 0 radical (unpaired) electrons. The molecule has 1 aliphatic rings. The molecule has 1 fully saturated rings. The second kappa shape index (κ2) is 6.71. The summed E-state index contributed by atoms with van der Waals surface area (Å²) >= 11 is 0. The zero-order valence-corrected chi connectivity index (χ0v) is 12.3. The maximum atomic E-state index is 11.1. The molecule has 122 valence electrons. The molecule has 0 bridgehead atoms. The van der Waals surface area contributed by atoms with E-state index in [4.69, 9.17) is 14.6 Å². The summed E-state index contributed by atoms with van der Waals surface area (Å²) in [5.41, 5.74) is 0.266. The van der Waals surface area contributed by atoms with Crippen molar-refractivity contribution in [2.75, 3.05) is 13.7 Å². The first-order valence-electron chi connectivity index (χ1n) is 6.74. The van der Waals surface area contributed by atoms with Crippen LogP contribution in [0.15, 0.2) is 6.20 Å². The van der Waals surface area contributed by atoms with E-state index < -0.39 is 29.3 Å². The normalized spacial score (nSPS) is 25.5. The van der Waals surface area contributed by atoms with Crippen LogP contribution in [0.5, 0.6) is 0 Å². The van der Waals surface area contributed by atoms with Crippen molar-refractivity contribution in [1.29, 1.82) is 0 Å². The number of hydrogen-bond donors (Lipinski definition) is 2. The van der Waals surface area contributed by atoms with Gasteiger partial charge in [0.1, 0.15) is 24.1 Å². The lowest BCUT2D eigenvalue weighted by molar-refractivity contribution is -0.386. The van der Waals surface area contributed by atoms with Crippen molar-refractivity contribution in [2.45, 2.75) is 31.1 Å². The highest BCUT2D eigenvalue weighted by Gasteiger charge is 2.34. The molecular formula is C12H18N4O6. The summed E-state index contributed by atoms with van der Waals surface area (Å²) in [5, 5.41) is 26.2. The molecule has 0 aromatic carbocycles. The fourth-order valence-electron chi connectivity index (χ4n) is 2.65. The van der Waals surface area contributed by atoms with Crippen LogP contribution in [-0.2, 0) is 16.5 Å². The van der Waals surface area contributed by atoms with Crippen LogP contribution in [-0.4, -0.2) is 51.8 Å². The summed E-state index contributed by atoms with van der Waals surface area (Å²) in [5.74, 6) is 0. The maximum absolute atomic E-state index is 11.1. The molecule has 3 atom stereocenters. The van der Waals surface area contributed by atoms with Crippen molar-refractivity contribution in [3.05, 3.63) is 22.0 Å². The lowest BCUT2D eigenvalue weighted by Crippen LogP contribution is -2.44. The van der Waals surface area contributed by atoms with Crippen LogP contribution in [0.1, 0.15) is 24.6 Å². The number of nitrogens with one attached hydrogen (secondary N) is 1. The number of nitrogens with zero attached hydrogens (tertiary/aromatic N) is 3. The molecule has 1 aromatic heterocycles. The molecule has 1 aliphatic heterocycles. The summed E-state index contributed by atoms with van der Waals surface area (Å²) in [4.78, 5) is 21.4. The minimum absolute atomic E-state index is 0.105. The van der Waals surface area contributed by atoms with Gasteiger partial charge in [-0.1, -0.05) is 0 Å². The van der Waals surface area contributed by atoms with E-state index in [1.165, 1.54) is 18.0 Å². The van der Waals surface area contributed by atoms with Gasteiger partial charge < -0.3 is 19.9 Å². The summed E-state index contributed by atoms with van der Waals surface area (Å²) < 4.78 is 12.4. The van der Waals surface area contributed by atoms with E-state index in [1.807, 2.05) is 0 Å². The number of rotatable bonds is 4. The highest BCUT2D eigenvalue weighted by Crippen LogP contribution is 2.33. The van der Waals surface area contributed by atoms with Crippen LogP contribution in [0.2, 0.25) is 0 Å². The van der Waals surface area contributed by atoms with Crippen LogP contribution in [0.4, 0.5) is 10.5 Å². The number of amides is 1. The highest BCUT2D eigenvalue weighted by atomic mass is 16.6. The molecule has 1 saturated heterocycles. The average Bonchev–Trinajstić information content (AvgIpc) is 2.72. The predicted octanol–water partition coefficient (Wildman–Crippen LogP) is 0.831. The number of carboxylic acid groups (broad SMARTS) is 1. The van der Waals surface area contributed by atoms with Crippen molar-refractivity contribution < 1.29 is 24.3 Å². The smallest absolute Gasteiger partial charge is 0.404 e. The maximum Gasteiger partial charge on any atom is 0.404 e. The van der Waals surface area contributed by atoms with Crippen LogP contribution < -0.4 is 5.32 Å². The SMILES string of the molecule is CO[C@H]1CO[C@H](c2c([N+](=O)[O-])cnn2C)CC[C@H]1NC(=O)O. The Labute approximate surface area is 126 Å². The molecule has 10 heteroatoms. The Morgan fingerprint density at radius 3 is 2.95 bits per heavy atom. The Hall–Kier alpha value is -2.20. The average molecular weight is 314 g/mol. The Morgan fingerprint density at radius 1 is 1.64 bits per heavy atom. The zero-order valence-electron chi connectivity index (χ0n) is 12.3. The van der Waals surface area contributed by atoms with E-state index in [0.717, 1.165) is 0 Å². The van der Waals surface area contributed by atoms with Gasteiger partial charge in [-0.2, -0.15) is 5.10 Å². The van der Waals surface area contributed by atoms with Crippen LogP contribution >= 0.6 is 0 Å². The van der Waals surface area contributed by atoms with Gasteiger partial charge in [0, 0.05) is 14.2 Å². The number of carbonyl (C=O) groups is 1. The van der Waals surface area contributed by atoms with Gasteiger partial charge >= 0.3 is 11.8 Å².